The molecule has 0 fully saturated rings. The van der Waals surface area contributed by atoms with Crippen LogP contribution in [-0.2, 0) is 17.1 Å². The number of hydrogen-bond donors (Lipinski definition) is 0. The number of rotatable bonds is 5. The molecular weight excluding hydrogens is 476 g/mol. The number of amides is 1. The molecule has 2 heterocycles. The van der Waals surface area contributed by atoms with Crippen molar-refractivity contribution in [3.05, 3.63) is 119 Å². The molecule has 0 saturated heterocycles. The zero-order chi connectivity index (χ0) is 25.4. The van der Waals surface area contributed by atoms with Crippen LogP contribution >= 0.6 is 0 Å². The van der Waals surface area contributed by atoms with Crippen molar-refractivity contribution >= 4 is 32.4 Å². The van der Waals surface area contributed by atoms with E-state index in [1.807, 2.05) is 18.2 Å². The molecule has 0 radical (unpaired) electrons. The molecule has 36 heavy (non-hydrogen) atoms. The predicted molar refractivity (Wildman–Crippen MR) is 138 cm³/mol. The Bertz CT molecular complexity index is 1760. The summed E-state index contributed by atoms with van der Waals surface area (Å²) in [4.78, 5) is 31.3. The third-order valence-corrected chi connectivity index (χ3v) is 7.76. The lowest BCUT2D eigenvalue weighted by atomic mass is 10.1. The number of nitrogens with zero attached hydrogens (tertiary/aromatic N) is 4. The molecule has 0 aliphatic carbocycles. The van der Waals surface area contributed by atoms with Crippen LogP contribution in [0.1, 0.15) is 16.1 Å². The summed E-state index contributed by atoms with van der Waals surface area (Å²) in [5.41, 5.74) is 0.00337. The first kappa shape index (κ1) is 23.3. The quantitative estimate of drug-likeness (QED) is 0.364. The summed E-state index contributed by atoms with van der Waals surface area (Å²) in [7, 11) is -2.85. The van der Waals surface area contributed by atoms with Crippen LogP contribution in [0.2, 0.25) is 0 Å². The van der Waals surface area contributed by atoms with Crippen LogP contribution in [0, 0.1) is 6.92 Å². The predicted octanol–water partition coefficient (Wildman–Crippen LogP) is 4.07. The minimum atomic E-state index is -4.49. The largest absolute Gasteiger partial charge is 0.296 e. The Labute approximate surface area is 207 Å². The Kier molecular flexibility index (Phi) is 5.77. The smallest absolute Gasteiger partial charge is 0.283 e. The second kappa shape index (κ2) is 8.94. The minimum absolute atomic E-state index is 0.0378. The molecule has 1 amide bonds. The molecule has 0 aliphatic rings. The zero-order valence-corrected chi connectivity index (χ0v) is 20.4. The maximum absolute atomic E-state index is 14.1. The van der Waals surface area contributed by atoms with E-state index in [4.69, 9.17) is 0 Å². The van der Waals surface area contributed by atoms with Crippen LogP contribution in [0.4, 0.5) is 5.69 Å². The minimum Gasteiger partial charge on any atom is -0.283 e. The fraction of sp³-hybridized carbons (Fsp3) is 0.0741. The fourth-order valence-electron chi connectivity index (χ4n) is 4.16. The third-order valence-electron chi connectivity index (χ3n) is 6.08. The van der Waals surface area contributed by atoms with E-state index in [0.717, 1.165) is 5.39 Å². The number of carbonyl (C=O) groups is 1. The second-order valence-corrected chi connectivity index (χ2v) is 10.0. The van der Waals surface area contributed by atoms with Gasteiger partial charge in [0.1, 0.15) is 5.69 Å². The van der Waals surface area contributed by atoms with E-state index >= 15 is 0 Å². The van der Waals surface area contributed by atoms with Gasteiger partial charge in [-0.15, -0.1) is 0 Å². The van der Waals surface area contributed by atoms with Gasteiger partial charge in [0.05, 0.1) is 21.8 Å². The van der Waals surface area contributed by atoms with Crippen LogP contribution in [0.25, 0.3) is 16.5 Å². The Hall–Kier alpha value is -4.50. The molecule has 180 valence electrons. The maximum Gasteiger partial charge on any atom is 0.296 e. The van der Waals surface area contributed by atoms with Crippen molar-refractivity contribution < 1.29 is 13.2 Å². The van der Waals surface area contributed by atoms with Crippen LogP contribution in [0.3, 0.4) is 0 Å². The molecule has 5 aromatic rings. The normalized spacial score (nSPS) is 11.5. The number of aromatic nitrogens is 3. The lowest BCUT2D eigenvalue weighted by Crippen LogP contribution is -2.40. The van der Waals surface area contributed by atoms with Crippen LogP contribution in [0.5, 0.6) is 0 Å². The van der Waals surface area contributed by atoms with Crippen LogP contribution < -0.4 is 9.86 Å². The number of para-hydroxylation sites is 1. The van der Waals surface area contributed by atoms with Gasteiger partial charge in [-0.05, 0) is 54.1 Å². The van der Waals surface area contributed by atoms with Crippen molar-refractivity contribution in [2.75, 3.05) is 4.31 Å². The van der Waals surface area contributed by atoms with E-state index < -0.39 is 21.5 Å². The summed E-state index contributed by atoms with van der Waals surface area (Å²) < 4.78 is 31.6. The van der Waals surface area contributed by atoms with Crippen LogP contribution in [-0.4, -0.2) is 28.7 Å². The van der Waals surface area contributed by atoms with Crippen molar-refractivity contribution in [3.8, 4) is 5.69 Å². The highest BCUT2D eigenvalue weighted by molar-refractivity contribution is 7.93. The van der Waals surface area contributed by atoms with E-state index in [0.29, 0.717) is 21.1 Å². The number of benzene rings is 3. The number of hydrogen-bond acceptors (Lipinski definition) is 5. The molecular formula is C27H22N4O4S. The summed E-state index contributed by atoms with van der Waals surface area (Å²) in [5.74, 6) is -0.873. The van der Waals surface area contributed by atoms with Crippen molar-refractivity contribution in [2.24, 2.45) is 7.05 Å². The van der Waals surface area contributed by atoms with Crippen molar-refractivity contribution in [2.45, 2.75) is 11.8 Å². The Morgan fingerprint density at radius 1 is 0.889 bits per heavy atom. The standard InChI is InChI=1S/C27H22N4O4S/c1-19-25(27(33)30(29(19)2)23-12-4-3-5-13-23)31(26(32)22-11-8-16-28-18-22)36(34,35)24-15-14-20-9-6-7-10-21(20)17-24/h3-18H,1-2H3. The Balaban J connectivity index is 1.77. The number of carbonyl (C=O) groups excluding carboxylic acids is 1. The average Bonchev–Trinajstić information content (AvgIpc) is 3.12. The van der Waals surface area contributed by atoms with Crippen LogP contribution in [0.15, 0.2) is 107 Å². The van der Waals surface area contributed by atoms with Gasteiger partial charge in [0, 0.05) is 19.4 Å². The highest BCUT2D eigenvalue weighted by Crippen LogP contribution is 2.29. The highest BCUT2D eigenvalue weighted by atomic mass is 32.2. The molecule has 0 atom stereocenters. The molecule has 0 unspecified atom stereocenters. The Morgan fingerprint density at radius 2 is 1.58 bits per heavy atom. The first-order valence-corrected chi connectivity index (χ1v) is 12.6. The fourth-order valence-corrected chi connectivity index (χ4v) is 5.66. The number of fused-ring (bicyclic) bond motifs is 1. The molecule has 0 N–H and O–H groups in total. The Morgan fingerprint density at radius 3 is 2.28 bits per heavy atom. The lowest BCUT2D eigenvalue weighted by Gasteiger charge is -2.21. The molecule has 8 nitrogen and oxygen atoms in total. The maximum atomic E-state index is 14.1. The zero-order valence-electron chi connectivity index (χ0n) is 19.6. The summed E-state index contributed by atoms with van der Waals surface area (Å²) in [6.45, 7) is 1.61. The molecule has 0 aliphatic heterocycles. The van der Waals surface area contributed by atoms with Gasteiger partial charge >= 0.3 is 0 Å². The summed E-state index contributed by atoms with van der Waals surface area (Å²) in [6.07, 6.45) is 2.76. The van der Waals surface area contributed by atoms with Gasteiger partial charge in [-0.25, -0.2) is 13.1 Å². The third kappa shape index (κ3) is 3.79. The first-order chi connectivity index (χ1) is 17.3. The van der Waals surface area contributed by atoms with Crippen molar-refractivity contribution in [1.82, 2.24) is 14.3 Å². The molecule has 0 saturated carbocycles. The van der Waals surface area contributed by atoms with E-state index in [1.54, 1.807) is 56.4 Å². The number of anilines is 1. The molecule has 5 rings (SSSR count). The summed E-state index contributed by atoms with van der Waals surface area (Å²) >= 11 is 0. The monoisotopic (exact) mass is 498 g/mol. The molecule has 0 spiro atoms. The number of pyridine rings is 1. The first-order valence-electron chi connectivity index (χ1n) is 11.1. The molecule has 3 aromatic carbocycles. The number of sulfonamides is 1. The van der Waals surface area contributed by atoms with Gasteiger partial charge in [0.25, 0.3) is 21.5 Å². The van der Waals surface area contributed by atoms with E-state index in [2.05, 4.69) is 4.98 Å². The van der Waals surface area contributed by atoms with Gasteiger partial charge in [-0.3, -0.25) is 19.3 Å². The van der Waals surface area contributed by atoms with Gasteiger partial charge in [0.2, 0.25) is 0 Å². The molecule has 9 heteroatoms. The van der Waals surface area contributed by atoms with Crippen molar-refractivity contribution in [1.29, 1.82) is 0 Å². The van der Waals surface area contributed by atoms with E-state index in [9.17, 15) is 18.0 Å². The van der Waals surface area contributed by atoms with E-state index in [-0.39, 0.29) is 16.1 Å². The van der Waals surface area contributed by atoms with Gasteiger partial charge < -0.3 is 0 Å². The topological polar surface area (TPSA) is 94.3 Å². The SMILES string of the molecule is Cc1c(N(C(=O)c2cccnc2)S(=O)(=O)c2ccc3ccccc3c2)c(=O)n(-c2ccccc2)n1C. The average molecular weight is 499 g/mol. The van der Waals surface area contributed by atoms with Gasteiger partial charge in [0.15, 0.2) is 0 Å². The van der Waals surface area contributed by atoms with Crippen molar-refractivity contribution in [3.63, 3.8) is 0 Å². The lowest BCUT2D eigenvalue weighted by molar-refractivity contribution is 0.100. The summed E-state index contributed by atoms with van der Waals surface area (Å²) in [5, 5.41) is 1.54. The molecule has 0 bridgehead atoms. The van der Waals surface area contributed by atoms with E-state index in [1.165, 1.54) is 46.0 Å². The summed E-state index contributed by atoms with van der Waals surface area (Å²) in [6, 6.07) is 23.8. The van der Waals surface area contributed by atoms with Gasteiger partial charge in [-0.1, -0.05) is 48.5 Å². The molecule has 2 aromatic heterocycles. The second-order valence-electron chi connectivity index (χ2n) is 8.24. The van der Waals surface area contributed by atoms with Gasteiger partial charge in [-0.2, -0.15) is 4.31 Å². The highest BCUT2D eigenvalue weighted by Gasteiger charge is 2.37.